The number of aromatic nitrogens is 3. The van der Waals surface area contributed by atoms with E-state index < -0.39 is 12.1 Å². The molecular formula is C30H32N6O2. The van der Waals surface area contributed by atoms with E-state index in [-0.39, 0.29) is 17.7 Å². The highest BCUT2D eigenvalue weighted by atomic mass is 16.2. The predicted octanol–water partition coefficient (Wildman–Crippen LogP) is 4.09. The molecule has 4 aromatic rings. The largest absolute Gasteiger partial charge is 0.343 e. The van der Waals surface area contributed by atoms with Crippen LogP contribution in [-0.4, -0.2) is 39.1 Å². The van der Waals surface area contributed by atoms with Crippen molar-refractivity contribution in [2.45, 2.75) is 45.3 Å². The van der Waals surface area contributed by atoms with Crippen LogP contribution in [0.5, 0.6) is 0 Å². The summed E-state index contributed by atoms with van der Waals surface area (Å²) in [6.45, 7) is 4.13. The third kappa shape index (κ3) is 5.21. The Hall–Kier alpha value is -4.30. The van der Waals surface area contributed by atoms with E-state index in [2.05, 4.69) is 38.7 Å². The van der Waals surface area contributed by atoms with E-state index in [1.807, 2.05) is 68.4 Å². The number of aromatic amines is 1. The van der Waals surface area contributed by atoms with Gasteiger partial charge >= 0.3 is 0 Å². The minimum Gasteiger partial charge on any atom is -0.343 e. The number of hydrogen-bond acceptors (Lipinski definition) is 5. The zero-order valence-electron chi connectivity index (χ0n) is 21.6. The minimum absolute atomic E-state index is 0.0261. The number of carbonyl (C=O) groups excluding carboxylic acids is 2. The monoisotopic (exact) mass is 508 g/mol. The Morgan fingerprint density at radius 1 is 1.08 bits per heavy atom. The van der Waals surface area contributed by atoms with Gasteiger partial charge in [0.05, 0.1) is 12.6 Å². The van der Waals surface area contributed by atoms with E-state index in [1.54, 1.807) is 4.90 Å². The fourth-order valence-corrected chi connectivity index (χ4v) is 4.86. The number of hydrogen-bond donors (Lipinski definition) is 3. The Bertz CT molecular complexity index is 1420. The Balaban J connectivity index is 1.50. The van der Waals surface area contributed by atoms with Gasteiger partial charge in [-0.2, -0.15) is 5.10 Å². The van der Waals surface area contributed by atoms with E-state index in [1.165, 1.54) is 6.33 Å². The average molecular weight is 509 g/mol. The summed E-state index contributed by atoms with van der Waals surface area (Å²) in [7, 11) is 0. The van der Waals surface area contributed by atoms with Gasteiger partial charge in [0.15, 0.2) is 5.82 Å². The molecule has 2 amide bonds. The number of nitrogens with two attached hydrogens (primary N) is 1. The van der Waals surface area contributed by atoms with Gasteiger partial charge in [-0.3, -0.25) is 14.7 Å². The smallest absolute Gasteiger partial charge is 0.249 e. The summed E-state index contributed by atoms with van der Waals surface area (Å²) in [5.41, 5.74) is 11.9. The van der Waals surface area contributed by atoms with E-state index in [0.717, 1.165) is 33.5 Å². The van der Waals surface area contributed by atoms with Crippen molar-refractivity contribution in [1.29, 1.82) is 0 Å². The molecule has 2 atom stereocenters. The molecule has 8 heteroatoms. The highest BCUT2D eigenvalue weighted by Gasteiger charge is 2.33. The molecule has 2 heterocycles. The molecule has 1 aliphatic rings. The van der Waals surface area contributed by atoms with Crippen LogP contribution in [0.4, 0.5) is 5.69 Å². The van der Waals surface area contributed by atoms with Crippen molar-refractivity contribution < 1.29 is 9.59 Å². The number of rotatable bonds is 7. The number of para-hydroxylation sites is 1. The van der Waals surface area contributed by atoms with E-state index in [0.29, 0.717) is 25.2 Å². The van der Waals surface area contributed by atoms with Gasteiger partial charge in [-0.15, -0.1) is 0 Å². The maximum atomic E-state index is 13.9. The maximum Gasteiger partial charge on any atom is 0.249 e. The van der Waals surface area contributed by atoms with Gasteiger partial charge < -0.3 is 16.0 Å². The van der Waals surface area contributed by atoms with Crippen molar-refractivity contribution in [3.63, 3.8) is 0 Å². The van der Waals surface area contributed by atoms with Gasteiger partial charge in [-0.1, -0.05) is 74.5 Å². The molecule has 4 N–H and O–H groups in total. The van der Waals surface area contributed by atoms with Gasteiger partial charge in [0, 0.05) is 11.3 Å². The first-order chi connectivity index (χ1) is 18.4. The third-order valence-electron chi connectivity index (χ3n) is 7.07. The molecule has 5 rings (SSSR count). The predicted molar refractivity (Wildman–Crippen MR) is 148 cm³/mol. The summed E-state index contributed by atoms with van der Waals surface area (Å²) in [4.78, 5) is 32.8. The molecule has 0 saturated heterocycles. The maximum absolute atomic E-state index is 13.9. The van der Waals surface area contributed by atoms with Crippen molar-refractivity contribution in [3.05, 3.63) is 90.3 Å². The second kappa shape index (κ2) is 11.0. The third-order valence-corrected chi connectivity index (χ3v) is 7.07. The van der Waals surface area contributed by atoms with Crippen molar-refractivity contribution in [2.75, 3.05) is 4.90 Å². The zero-order chi connectivity index (χ0) is 26.6. The highest BCUT2D eigenvalue weighted by Crippen LogP contribution is 2.33. The number of aryl methyl sites for hydroxylation is 1. The molecule has 0 radical (unpaired) electrons. The molecule has 194 valence electrons. The minimum atomic E-state index is -0.670. The first-order valence-electron chi connectivity index (χ1n) is 12.9. The Labute approximate surface area is 222 Å². The molecule has 0 bridgehead atoms. The molecular weight excluding hydrogens is 476 g/mol. The van der Waals surface area contributed by atoms with Crippen LogP contribution in [0, 0.1) is 5.92 Å². The lowest BCUT2D eigenvalue weighted by Crippen LogP contribution is -2.53. The highest BCUT2D eigenvalue weighted by molar-refractivity contribution is 6.01. The van der Waals surface area contributed by atoms with Crippen molar-refractivity contribution in [3.8, 4) is 22.5 Å². The molecule has 1 aromatic heterocycles. The Morgan fingerprint density at radius 2 is 1.84 bits per heavy atom. The van der Waals surface area contributed by atoms with Crippen LogP contribution in [-0.2, 0) is 22.6 Å². The molecule has 3 aromatic carbocycles. The summed E-state index contributed by atoms with van der Waals surface area (Å²) in [6, 6.07) is 22.8. The second-order valence-electron chi connectivity index (χ2n) is 10.0. The second-order valence-corrected chi connectivity index (χ2v) is 10.0. The van der Waals surface area contributed by atoms with Crippen LogP contribution in [0.15, 0.2) is 79.1 Å². The number of H-pyrrole nitrogens is 1. The standard InChI is InChI=1S/C30H32N6O2/c1-19(2)27(31)29(37)34-25-15-13-22-10-6-7-11-26(22)36(30(25)38)17-20-12-14-23(21-8-4-3-5-9-21)24(16-20)28-32-18-33-35-28/h3-12,14,16,18-19,25,27H,13,15,17,31H2,1-2H3,(H,34,37)(H,32,33,35)/t25-,27?/m1/s1. The SMILES string of the molecule is CC(C)C(N)C(=O)N[C@@H]1CCc2ccccc2N(Cc2ccc(-c3ccccc3)c(-c3ncn[nH]3)c2)C1=O. The van der Waals surface area contributed by atoms with E-state index >= 15 is 0 Å². The fourth-order valence-electron chi connectivity index (χ4n) is 4.86. The Morgan fingerprint density at radius 3 is 2.58 bits per heavy atom. The van der Waals surface area contributed by atoms with Gasteiger partial charge in [0.1, 0.15) is 12.4 Å². The van der Waals surface area contributed by atoms with Crippen LogP contribution in [0.2, 0.25) is 0 Å². The number of fused-ring (bicyclic) bond motifs is 1. The topological polar surface area (TPSA) is 117 Å². The van der Waals surface area contributed by atoms with Crippen molar-refractivity contribution in [1.82, 2.24) is 20.5 Å². The summed E-state index contributed by atoms with van der Waals surface area (Å²) in [5.74, 6) is 0.180. The van der Waals surface area contributed by atoms with E-state index in [9.17, 15) is 9.59 Å². The number of benzene rings is 3. The van der Waals surface area contributed by atoms with Gasteiger partial charge in [-0.25, -0.2) is 4.98 Å². The van der Waals surface area contributed by atoms with E-state index in [4.69, 9.17) is 5.73 Å². The average Bonchev–Trinajstić information content (AvgIpc) is 3.45. The van der Waals surface area contributed by atoms with Crippen LogP contribution in [0.3, 0.4) is 0 Å². The molecule has 1 unspecified atom stereocenters. The Kier molecular flexibility index (Phi) is 7.33. The van der Waals surface area contributed by atoms with Crippen LogP contribution in [0.25, 0.3) is 22.5 Å². The number of nitrogens with zero attached hydrogens (tertiary/aromatic N) is 3. The molecule has 0 aliphatic carbocycles. The lowest BCUT2D eigenvalue weighted by Gasteiger charge is -2.27. The lowest BCUT2D eigenvalue weighted by molar-refractivity contribution is -0.129. The number of amides is 2. The summed E-state index contributed by atoms with van der Waals surface area (Å²) < 4.78 is 0. The quantitative estimate of drug-likeness (QED) is 0.348. The normalized spacial score (nSPS) is 16.2. The molecule has 0 saturated carbocycles. The van der Waals surface area contributed by atoms with Crippen LogP contribution in [0.1, 0.15) is 31.4 Å². The molecule has 1 aliphatic heterocycles. The van der Waals surface area contributed by atoms with Crippen molar-refractivity contribution in [2.24, 2.45) is 11.7 Å². The number of nitrogens with one attached hydrogen (secondary N) is 2. The molecule has 0 spiro atoms. The summed E-state index contributed by atoms with van der Waals surface area (Å²) >= 11 is 0. The fraction of sp³-hybridized carbons (Fsp3) is 0.267. The summed E-state index contributed by atoms with van der Waals surface area (Å²) in [5, 5.41) is 9.95. The number of anilines is 1. The summed E-state index contributed by atoms with van der Waals surface area (Å²) in [6.07, 6.45) is 2.68. The first kappa shape index (κ1) is 25.4. The molecule has 8 nitrogen and oxygen atoms in total. The van der Waals surface area contributed by atoms with Gasteiger partial charge in [0.25, 0.3) is 0 Å². The van der Waals surface area contributed by atoms with Crippen molar-refractivity contribution >= 4 is 17.5 Å². The van der Waals surface area contributed by atoms with Crippen LogP contribution >= 0.6 is 0 Å². The van der Waals surface area contributed by atoms with Crippen LogP contribution < -0.4 is 16.0 Å². The molecule has 38 heavy (non-hydrogen) atoms. The first-order valence-corrected chi connectivity index (χ1v) is 12.9. The molecule has 0 fully saturated rings. The van der Waals surface area contributed by atoms with Gasteiger partial charge in [-0.05, 0) is 53.1 Å². The lowest BCUT2D eigenvalue weighted by atomic mass is 9.96. The number of carbonyl (C=O) groups is 2. The zero-order valence-corrected chi connectivity index (χ0v) is 21.6. The van der Waals surface area contributed by atoms with Gasteiger partial charge in [0.2, 0.25) is 11.8 Å².